The number of amides is 2. The van der Waals surface area contributed by atoms with Gasteiger partial charge >= 0.3 is 12.0 Å². The summed E-state index contributed by atoms with van der Waals surface area (Å²) in [6.45, 7) is 1.61. The lowest BCUT2D eigenvalue weighted by atomic mass is 10.2. The number of aliphatic carboxylic acids is 1. The van der Waals surface area contributed by atoms with Gasteiger partial charge in [0.1, 0.15) is 11.9 Å². The molecule has 0 bridgehead atoms. The van der Waals surface area contributed by atoms with E-state index in [-0.39, 0.29) is 16.6 Å². The first kappa shape index (κ1) is 16.4. The molecule has 0 aliphatic rings. The molecule has 2 amide bonds. The van der Waals surface area contributed by atoms with Gasteiger partial charge in [0.2, 0.25) is 0 Å². The molecular formula is C12H13BrF2N2O3. The van der Waals surface area contributed by atoms with E-state index in [1.807, 2.05) is 0 Å². The van der Waals surface area contributed by atoms with Crippen LogP contribution in [0.5, 0.6) is 0 Å². The fourth-order valence-corrected chi connectivity index (χ4v) is 2.12. The minimum Gasteiger partial charge on any atom is -0.480 e. The number of hydrogen-bond donors (Lipinski definition) is 2. The number of urea groups is 1. The van der Waals surface area contributed by atoms with Crippen molar-refractivity contribution in [1.82, 2.24) is 4.90 Å². The molecule has 0 heterocycles. The van der Waals surface area contributed by atoms with E-state index >= 15 is 0 Å². The number of carboxylic acid groups (broad SMARTS) is 1. The Morgan fingerprint density at radius 3 is 2.50 bits per heavy atom. The number of likely N-dealkylation sites (N-methyl/N-ethyl adjacent to an activating group) is 1. The molecule has 0 aromatic heterocycles. The van der Waals surface area contributed by atoms with Crippen molar-refractivity contribution < 1.29 is 23.5 Å². The van der Waals surface area contributed by atoms with E-state index in [9.17, 15) is 18.4 Å². The molecule has 0 fully saturated rings. The summed E-state index contributed by atoms with van der Waals surface area (Å²) in [7, 11) is 1.28. The van der Waals surface area contributed by atoms with Crippen LogP contribution in [-0.2, 0) is 4.79 Å². The van der Waals surface area contributed by atoms with Gasteiger partial charge in [0.05, 0.1) is 5.69 Å². The first-order valence-electron chi connectivity index (χ1n) is 5.69. The Hall–Kier alpha value is -1.70. The number of anilines is 1. The van der Waals surface area contributed by atoms with Crippen LogP contribution in [0.3, 0.4) is 0 Å². The first-order valence-corrected chi connectivity index (χ1v) is 6.48. The first-order chi connectivity index (χ1) is 9.27. The summed E-state index contributed by atoms with van der Waals surface area (Å²) in [6, 6.07) is -0.218. The lowest BCUT2D eigenvalue weighted by Gasteiger charge is -2.24. The Bertz CT molecular complexity index is 516. The third kappa shape index (κ3) is 3.66. The van der Waals surface area contributed by atoms with Crippen LogP contribution in [0.2, 0.25) is 0 Å². The normalized spacial score (nSPS) is 11.8. The molecule has 20 heavy (non-hydrogen) atoms. The van der Waals surface area contributed by atoms with Gasteiger partial charge in [-0.3, -0.25) is 0 Å². The summed E-state index contributed by atoms with van der Waals surface area (Å²) in [5, 5.41) is 11.2. The quantitative estimate of drug-likeness (QED) is 0.876. The third-order valence-electron chi connectivity index (χ3n) is 2.70. The maximum absolute atomic E-state index is 13.6. The van der Waals surface area contributed by atoms with Gasteiger partial charge in [-0.25, -0.2) is 18.4 Å². The summed E-state index contributed by atoms with van der Waals surface area (Å²) < 4.78 is 26.5. The fourth-order valence-electron chi connectivity index (χ4n) is 1.61. The highest BCUT2D eigenvalue weighted by molar-refractivity contribution is 9.10. The van der Waals surface area contributed by atoms with Gasteiger partial charge in [-0.1, -0.05) is 6.92 Å². The van der Waals surface area contributed by atoms with Gasteiger partial charge in [-0.15, -0.1) is 0 Å². The number of hydrogen-bond acceptors (Lipinski definition) is 2. The zero-order chi connectivity index (χ0) is 15.4. The molecule has 0 aliphatic heterocycles. The summed E-state index contributed by atoms with van der Waals surface area (Å²) in [5.41, 5.74) is -0.247. The number of rotatable bonds is 4. The van der Waals surface area contributed by atoms with Crippen LogP contribution in [0.4, 0.5) is 19.3 Å². The summed E-state index contributed by atoms with van der Waals surface area (Å²) in [6.07, 6.45) is 0.201. The molecule has 2 N–H and O–H groups in total. The molecule has 110 valence electrons. The highest BCUT2D eigenvalue weighted by atomic mass is 79.9. The van der Waals surface area contributed by atoms with Crippen molar-refractivity contribution in [3.8, 4) is 0 Å². The molecule has 0 radical (unpaired) electrons. The van der Waals surface area contributed by atoms with E-state index in [0.29, 0.717) is 6.07 Å². The second kappa shape index (κ2) is 6.65. The Morgan fingerprint density at radius 2 is 2.05 bits per heavy atom. The van der Waals surface area contributed by atoms with Crippen LogP contribution in [0.1, 0.15) is 13.3 Å². The fraction of sp³-hybridized carbons (Fsp3) is 0.333. The summed E-state index contributed by atoms with van der Waals surface area (Å²) in [5.74, 6) is -2.91. The molecule has 0 spiro atoms. The molecule has 0 saturated heterocycles. The smallest absolute Gasteiger partial charge is 0.326 e. The Kier molecular flexibility index (Phi) is 5.43. The average Bonchev–Trinajstić information content (AvgIpc) is 2.33. The zero-order valence-electron chi connectivity index (χ0n) is 10.8. The molecule has 8 heteroatoms. The Balaban J connectivity index is 2.94. The number of benzene rings is 1. The second-order valence-corrected chi connectivity index (χ2v) is 4.90. The third-order valence-corrected chi connectivity index (χ3v) is 3.32. The SMILES string of the molecule is CCC(C(=O)O)N(C)C(=O)Nc1c(F)cc(F)cc1Br. The minimum atomic E-state index is -1.16. The van der Waals surface area contributed by atoms with Crippen molar-refractivity contribution in [2.75, 3.05) is 12.4 Å². The standard InChI is InChI=1S/C12H13BrF2N2O3/c1-3-9(11(18)19)17(2)12(20)16-10-7(13)4-6(14)5-8(10)15/h4-5,9H,3H2,1-2H3,(H,16,20)(H,18,19). The van der Waals surface area contributed by atoms with Gasteiger partial charge in [0.15, 0.2) is 5.82 Å². The maximum Gasteiger partial charge on any atom is 0.326 e. The highest BCUT2D eigenvalue weighted by Crippen LogP contribution is 2.27. The van der Waals surface area contributed by atoms with Crippen molar-refractivity contribution in [2.45, 2.75) is 19.4 Å². The maximum atomic E-state index is 13.6. The van der Waals surface area contributed by atoms with Crippen molar-refractivity contribution in [3.05, 3.63) is 28.2 Å². The highest BCUT2D eigenvalue weighted by Gasteiger charge is 2.25. The van der Waals surface area contributed by atoms with Crippen molar-refractivity contribution in [1.29, 1.82) is 0 Å². The van der Waals surface area contributed by atoms with Gasteiger partial charge in [0, 0.05) is 17.6 Å². The predicted octanol–water partition coefficient (Wildman–Crippen LogP) is 3.05. The number of nitrogens with one attached hydrogen (secondary N) is 1. The van der Waals surface area contributed by atoms with E-state index in [1.165, 1.54) is 7.05 Å². The van der Waals surface area contributed by atoms with E-state index < -0.39 is 29.7 Å². The minimum absolute atomic E-state index is 0.0279. The van der Waals surface area contributed by atoms with Crippen molar-refractivity contribution in [2.24, 2.45) is 0 Å². The summed E-state index contributed by atoms with van der Waals surface area (Å²) >= 11 is 2.93. The molecule has 1 atom stereocenters. The largest absolute Gasteiger partial charge is 0.480 e. The molecule has 0 aliphatic carbocycles. The molecule has 1 aromatic carbocycles. The van der Waals surface area contributed by atoms with Gasteiger partial charge in [0.25, 0.3) is 0 Å². The van der Waals surface area contributed by atoms with Crippen LogP contribution in [0.15, 0.2) is 16.6 Å². The zero-order valence-corrected chi connectivity index (χ0v) is 12.4. The monoisotopic (exact) mass is 350 g/mol. The average molecular weight is 351 g/mol. The molecule has 5 nitrogen and oxygen atoms in total. The molecular weight excluding hydrogens is 338 g/mol. The van der Waals surface area contributed by atoms with E-state index in [2.05, 4.69) is 21.2 Å². The molecule has 1 aromatic rings. The second-order valence-electron chi connectivity index (χ2n) is 4.05. The van der Waals surface area contributed by atoms with Gasteiger partial charge < -0.3 is 15.3 Å². The van der Waals surface area contributed by atoms with Crippen molar-refractivity contribution in [3.63, 3.8) is 0 Å². The van der Waals surface area contributed by atoms with E-state index in [1.54, 1.807) is 6.92 Å². The van der Waals surface area contributed by atoms with Crippen LogP contribution in [0, 0.1) is 11.6 Å². The topological polar surface area (TPSA) is 69.6 Å². The lowest BCUT2D eigenvalue weighted by Crippen LogP contribution is -2.44. The van der Waals surface area contributed by atoms with E-state index in [4.69, 9.17) is 5.11 Å². The number of nitrogens with zero attached hydrogens (tertiary/aromatic N) is 1. The van der Waals surface area contributed by atoms with Crippen LogP contribution < -0.4 is 5.32 Å². The molecule has 1 unspecified atom stereocenters. The van der Waals surface area contributed by atoms with Crippen LogP contribution in [0.25, 0.3) is 0 Å². The number of carboxylic acids is 1. The Morgan fingerprint density at radius 1 is 1.45 bits per heavy atom. The number of carbonyl (C=O) groups excluding carboxylic acids is 1. The van der Waals surface area contributed by atoms with Gasteiger partial charge in [-0.05, 0) is 28.4 Å². The number of carbonyl (C=O) groups is 2. The predicted molar refractivity (Wildman–Crippen MR) is 72.6 cm³/mol. The molecule has 1 rings (SSSR count). The lowest BCUT2D eigenvalue weighted by molar-refractivity contribution is -0.141. The van der Waals surface area contributed by atoms with Crippen molar-refractivity contribution >= 4 is 33.6 Å². The van der Waals surface area contributed by atoms with E-state index in [0.717, 1.165) is 11.0 Å². The Labute approximate surface area is 122 Å². The van der Waals surface area contributed by atoms with Crippen LogP contribution in [-0.4, -0.2) is 35.1 Å². The van der Waals surface area contributed by atoms with Crippen LogP contribution >= 0.6 is 15.9 Å². The van der Waals surface area contributed by atoms with Gasteiger partial charge in [-0.2, -0.15) is 0 Å². The summed E-state index contributed by atoms with van der Waals surface area (Å²) in [4.78, 5) is 23.8. The number of halogens is 3. The molecule has 0 saturated carbocycles.